The molecule has 0 heterocycles. The molecule has 1 unspecified atom stereocenters. The second-order valence-corrected chi connectivity index (χ2v) is 18.1. The molecule has 0 aromatic heterocycles. The van der Waals surface area contributed by atoms with Crippen LogP contribution in [0.15, 0.2) is 158 Å². The number of esters is 3. The lowest BCUT2D eigenvalue weighted by molar-refractivity contribution is -0.167. The smallest absolute Gasteiger partial charge is 0.306 e. The molecule has 0 fully saturated rings. The van der Waals surface area contributed by atoms with Crippen molar-refractivity contribution in [3.05, 3.63) is 158 Å². The first-order valence-electron chi connectivity index (χ1n) is 28.5. The van der Waals surface area contributed by atoms with Gasteiger partial charge in [0, 0.05) is 19.3 Å². The van der Waals surface area contributed by atoms with Crippen LogP contribution in [0, 0.1) is 0 Å². The summed E-state index contributed by atoms with van der Waals surface area (Å²) in [7, 11) is 0. The molecule has 0 saturated heterocycles. The van der Waals surface area contributed by atoms with E-state index in [1.54, 1.807) is 0 Å². The Labute approximate surface area is 441 Å². The molecule has 0 aromatic carbocycles. The molecule has 0 bridgehead atoms. The molecule has 0 radical (unpaired) electrons. The molecule has 0 aliphatic rings. The van der Waals surface area contributed by atoms with Crippen LogP contribution in [0.25, 0.3) is 0 Å². The molecule has 72 heavy (non-hydrogen) atoms. The maximum absolute atomic E-state index is 12.8. The lowest BCUT2D eigenvalue weighted by atomic mass is 10.1. The van der Waals surface area contributed by atoms with Gasteiger partial charge in [-0.1, -0.05) is 237 Å². The van der Waals surface area contributed by atoms with Crippen LogP contribution in [-0.4, -0.2) is 37.2 Å². The number of carbonyl (C=O) groups is 3. The Balaban J connectivity index is 4.53. The number of carbonyl (C=O) groups excluding carboxylic acids is 3. The fourth-order valence-corrected chi connectivity index (χ4v) is 7.08. The monoisotopic (exact) mass is 991 g/mol. The molecule has 0 saturated carbocycles. The van der Waals surface area contributed by atoms with E-state index in [2.05, 4.69) is 179 Å². The highest BCUT2D eigenvalue weighted by molar-refractivity contribution is 5.71. The number of allylic oxidation sites excluding steroid dienone is 26. The molecular formula is C66H102O6. The van der Waals surface area contributed by atoms with Gasteiger partial charge in [0.15, 0.2) is 6.10 Å². The first kappa shape index (κ1) is 67.0. The van der Waals surface area contributed by atoms with Gasteiger partial charge in [0.05, 0.1) is 0 Å². The van der Waals surface area contributed by atoms with Gasteiger partial charge in [-0.2, -0.15) is 0 Å². The Kier molecular flexibility index (Phi) is 54.6. The van der Waals surface area contributed by atoms with Crippen LogP contribution in [-0.2, 0) is 28.6 Å². The highest BCUT2D eigenvalue weighted by atomic mass is 16.6. The lowest BCUT2D eigenvalue weighted by Crippen LogP contribution is -2.30. The maximum Gasteiger partial charge on any atom is 0.306 e. The Hall–Kier alpha value is -4.97. The van der Waals surface area contributed by atoms with E-state index in [1.165, 1.54) is 44.9 Å². The van der Waals surface area contributed by atoms with Crippen molar-refractivity contribution in [3.63, 3.8) is 0 Å². The van der Waals surface area contributed by atoms with Gasteiger partial charge in [0.1, 0.15) is 13.2 Å². The van der Waals surface area contributed by atoms with Gasteiger partial charge in [0.25, 0.3) is 0 Å². The van der Waals surface area contributed by atoms with E-state index in [0.29, 0.717) is 19.3 Å². The van der Waals surface area contributed by atoms with Crippen LogP contribution < -0.4 is 0 Å². The second kappa shape index (κ2) is 58.6. The molecule has 0 N–H and O–H groups in total. The summed E-state index contributed by atoms with van der Waals surface area (Å²) in [5.41, 5.74) is 0. The summed E-state index contributed by atoms with van der Waals surface area (Å²) >= 11 is 0. The van der Waals surface area contributed by atoms with Crippen LogP contribution in [0.5, 0.6) is 0 Å². The molecule has 0 aromatic rings. The minimum atomic E-state index is -0.831. The van der Waals surface area contributed by atoms with E-state index in [1.807, 2.05) is 0 Å². The van der Waals surface area contributed by atoms with Crippen LogP contribution >= 0.6 is 0 Å². The minimum Gasteiger partial charge on any atom is -0.462 e. The highest BCUT2D eigenvalue weighted by Crippen LogP contribution is 2.13. The van der Waals surface area contributed by atoms with Gasteiger partial charge in [-0.05, 0) is 122 Å². The van der Waals surface area contributed by atoms with Crippen molar-refractivity contribution >= 4 is 17.9 Å². The third kappa shape index (κ3) is 56.0. The second-order valence-electron chi connectivity index (χ2n) is 18.1. The van der Waals surface area contributed by atoms with Crippen molar-refractivity contribution < 1.29 is 28.6 Å². The average Bonchev–Trinajstić information content (AvgIpc) is 3.38. The van der Waals surface area contributed by atoms with Crippen molar-refractivity contribution in [1.29, 1.82) is 0 Å². The summed E-state index contributed by atoms with van der Waals surface area (Å²) in [6.07, 6.45) is 85.3. The number of ether oxygens (including phenoxy) is 3. The van der Waals surface area contributed by atoms with Crippen LogP contribution in [0.1, 0.15) is 220 Å². The number of hydrogen-bond acceptors (Lipinski definition) is 6. The van der Waals surface area contributed by atoms with Crippen LogP contribution in [0.3, 0.4) is 0 Å². The molecule has 0 spiro atoms. The summed E-state index contributed by atoms with van der Waals surface area (Å²) in [4.78, 5) is 38.1. The minimum absolute atomic E-state index is 0.120. The topological polar surface area (TPSA) is 78.9 Å². The molecule has 6 nitrogen and oxygen atoms in total. The molecule has 1 atom stereocenters. The van der Waals surface area contributed by atoms with Gasteiger partial charge in [-0.25, -0.2) is 0 Å². The molecule has 402 valence electrons. The zero-order chi connectivity index (χ0) is 52.2. The van der Waals surface area contributed by atoms with Gasteiger partial charge < -0.3 is 14.2 Å². The van der Waals surface area contributed by atoms with Crippen LogP contribution in [0.4, 0.5) is 0 Å². The third-order valence-corrected chi connectivity index (χ3v) is 11.3. The molecule has 0 amide bonds. The summed E-state index contributed by atoms with van der Waals surface area (Å²) in [5.74, 6) is -1.04. The van der Waals surface area contributed by atoms with Crippen molar-refractivity contribution in [2.45, 2.75) is 226 Å². The number of hydrogen-bond donors (Lipinski definition) is 0. The molecule has 0 aliphatic heterocycles. The number of unbranched alkanes of at least 4 members (excludes halogenated alkanes) is 12. The van der Waals surface area contributed by atoms with Gasteiger partial charge in [0.2, 0.25) is 0 Å². The Morgan fingerprint density at radius 3 is 0.903 bits per heavy atom. The van der Waals surface area contributed by atoms with Crippen molar-refractivity contribution in [2.75, 3.05) is 13.2 Å². The Morgan fingerprint density at radius 2 is 0.556 bits per heavy atom. The molecular weight excluding hydrogens is 889 g/mol. The highest BCUT2D eigenvalue weighted by Gasteiger charge is 2.19. The summed E-state index contributed by atoms with van der Waals surface area (Å²) < 4.78 is 16.7. The number of rotatable bonds is 49. The predicted molar refractivity (Wildman–Crippen MR) is 311 cm³/mol. The van der Waals surface area contributed by atoms with Crippen molar-refractivity contribution in [3.8, 4) is 0 Å². The van der Waals surface area contributed by atoms with Gasteiger partial charge >= 0.3 is 17.9 Å². The summed E-state index contributed by atoms with van der Waals surface area (Å²) in [5, 5.41) is 0. The van der Waals surface area contributed by atoms with E-state index in [9.17, 15) is 14.4 Å². The summed E-state index contributed by atoms with van der Waals surface area (Å²) in [6, 6.07) is 0. The largest absolute Gasteiger partial charge is 0.462 e. The van der Waals surface area contributed by atoms with Crippen LogP contribution in [0.2, 0.25) is 0 Å². The van der Waals surface area contributed by atoms with Crippen molar-refractivity contribution in [1.82, 2.24) is 0 Å². The third-order valence-electron chi connectivity index (χ3n) is 11.3. The average molecular weight is 992 g/mol. The summed E-state index contributed by atoms with van der Waals surface area (Å²) in [6.45, 7) is 6.29. The Bertz CT molecular complexity index is 1660. The van der Waals surface area contributed by atoms with Crippen molar-refractivity contribution in [2.24, 2.45) is 0 Å². The molecule has 0 rings (SSSR count). The SMILES string of the molecule is CC/C=C\C/C=C\C/C=C\C/C=C\C/C=C\C/C=C\C/C=C\CCCC(=O)OCC(COC(=O)CCCCCCCCCCCC)OC(=O)CCCC/C=C\C/C=C\C/C=C\C/C=C\C/C=C\C/C=C\CC. The van der Waals surface area contributed by atoms with E-state index in [4.69, 9.17) is 14.2 Å². The van der Waals surface area contributed by atoms with E-state index in [0.717, 1.165) is 122 Å². The normalized spacial score (nSPS) is 13.3. The lowest BCUT2D eigenvalue weighted by Gasteiger charge is -2.18. The van der Waals surface area contributed by atoms with E-state index < -0.39 is 6.10 Å². The first-order valence-corrected chi connectivity index (χ1v) is 28.5. The first-order chi connectivity index (χ1) is 35.5. The maximum atomic E-state index is 12.8. The fourth-order valence-electron chi connectivity index (χ4n) is 7.08. The quantitative estimate of drug-likeness (QED) is 0.0262. The van der Waals surface area contributed by atoms with E-state index in [-0.39, 0.29) is 44.0 Å². The van der Waals surface area contributed by atoms with E-state index >= 15 is 0 Å². The predicted octanol–water partition coefficient (Wildman–Crippen LogP) is 19.4. The molecule has 6 heteroatoms. The van der Waals surface area contributed by atoms with Gasteiger partial charge in [-0.3, -0.25) is 14.4 Å². The molecule has 0 aliphatic carbocycles. The fraction of sp³-hybridized carbons (Fsp3) is 0.561. The Morgan fingerprint density at radius 1 is 0.292 bits per heavy atom. The standard InChI is InChI=1S/C66H102O6/c1-4-7-10-13-16-19-22-24-26-28-30-32-33-35-36-38-40-42-44-47-50-53-56-59-65(68)71-62-63(61-70-64(67)58-55-52-49-46-21-18-15-12-9-6-3)72-66(69)60-57-54-51-48-45-43-41-39-37-34-31-29-27-25-23-20-17-14-11-8-5-2/h7-8,10-11,16-17,19-20,24-27,30-32,34-36,39-42,45,47-48,50,63H,4-6,9,12-15,18,21-23,28-29,33,37-38,43-44,46,49,51-62H2,1-3H3/b10-7-,11-8-,19-16-,20-17-,26-24-,27-25-,32-30-,34-31-,36-35-,41-39-,42-40-,48-45-,50-47-. The van der Waals surface area contributed by atoms with Gasteiger partial charge in [-0.15, -0.1) is 0 Å². The zero-order valence-electron chi connectivity index (χ0n) is 45.9. The zero-order valence-corrected chi connectivity index (χ0v) is 45.9.